The second-order valence-electron chi connectivity index (χ2n) is 8.58. The summed E-state index contributed by atoms with van der Waals surface area (Å²) in [6.07, 6.45) is 10.2. The van der Waals surface area contributed by atoms with Crippen molar-refractivity contribution in [3.05, 3.63) is 17.5 Å². The van der Waals surface area contributed by atoms with Crippen LogP contribution in [0.2, 0.25) is 0 Å². The lowest BCUT2D eigenvalue weighted by Crippen LogP contribution is -2.56. The minimum Gasteiger partial charge on any atom is -0.476 e. The van der Waals surface area contributed by atoms with Crippen LogP contribution in [0.25, 0.3) is 0 Å². The number of aryl methyl sites for hydroxylation is 1. The first-order valence-corrected chi connectivity index (χ1v) is 9.48. The fourth-order valence-corrected chi connectivity index (χ4v) is 6.34. The van der Waals surface area contributed by atoms with Gasteiger partial charge in [-0.25, -0.2) is 4.79 Å². The summed E-state index contributed by atoms with van der Waals surface area (Å²) in [5.41, 5.74) is 0.212. The maximum atomic E-state index is 12.8. The van der Waals surface area contributed by atoms with E-state index in [2.05, 4.69) is 17.3 Å². The molecule has 25 heavy (non-hydrogen) atoms. The van der Waals surface area contributed by atoms with Crippen LogP contribution in [-0.4, -0.2) is 32.8 Å². The fraction of sp³-hybridized carbons (Fsp3) is 0.737. The Morgan fingerprint density at radius 3 is 2.32 bits per heavy atom. The van der Waals surface area contributed by atoms with E-state index < -0.39 is 5.97 Å². The van der Waals surface area contributed by atoms with Gasteiger partial charge in [0.1, 0.15) is 0 Å². The normalized spacial score (nSPS) is 34.1. The molecule has 5 rings (SSSR count). The Morgan fingerprint density at radius 2 is 1.84 bits per heavy atom. The highest BCUT2D eigenvalue weighted by Crippen LogP contribution is 2.61. The predicted octanol–water partition coefficient (Wildman–Crippen LogP) is 2.84. The molecule has 1 aromatic rings. The smallest absolute Gasteiger partial charge is 0.357 e. The molecule has 1 aromatic heterocycles. The summed E-state index contributed by atoms with van der Waals surface area (Å²) < 4.78 is 1.39. The molecule has 0 aromatic carbocycles. The van der Waals surface area contributed by atoms with Crippen molar-refractivity contribution in [2.45, 2.75) is 57.9 Å². The van der Waals surface area contributed by atoms with Crippen LogP contribution in [0.5, 0.6) is 0 Å². The topological polar surface area (TPSA) is 84.2 Å². The lowest BCUT2D eigenvalue weighted by atomic mass is 9.47. The van der Waals surface area contributed by atoms with Gasteiger partial charge in [0.2, 0.25) is 0 Å². The van der Waals surface area contributed by atoms with E-state index in [0.717, 1.165) is 24.2 Å². The van der Waals surface area contributed by atoms with Crippen LogP contribution in [0.15, 0.2) is 6.20 Å². The van der Waals surface area contributed by atoms with Crippen molar-refractivity contribution in [1.82, 2.24) is 15.1 Å². The number of carboxylic acids is 1. The molecule has 1 amide bonds. The molecule has 1 unspecified atom stereocenters. The van der Waals surface area contributed by atoms with Crippen molar-refractivity contribution in [1.29, 1.82) is 0 Å². The Morgan fingerprint density at radius 1 is 1.28 bits per heavy atom. The third kappa shape index (κ3) is 2.75. The van der Waals surface area contributed by atoms with Crippen LogP contribution in [-0.2, 0) is 7.05 Å². The summed E-state index contributed by atoms with van der Waals surface area (Å²) in [4.78, 5) is 24.2. The number of amides is 1. The second kappa shape index (κ2) is 5.85. The zero-order valence-corrected chi connectivity index (χ0v) is 15.0. The van der Waals surface area contributed by atoms with E-state index >= 15 is 0 Å². The summed E-state index contributed by atoms with van der Waals surface area (Å²) >= 11 is 0. The van der Waals surface area contributed by atoms with Gasteiger partial charge in [0, 0.05) is 19.3 Å². The monoisotopic (exact) mass is 345 g/mol. The molecule has 6 nitrogen and oxygen atoms in total. The van der Waals surface area contributed by atoms with E-state index in [1.54, 1.807) is 7.05 Å². The average Bonchev–Trinajstić information content (AvgIpc) is 2.93. The van der Waals surface area contributed by atoms with Crippen molar-refractivity contribution in [2.75, 3.05) is 0 Å². The first-order chi connectivity index (χ1) is 11.9. The summed E-state index contributed by atoms with van der Waals surface area (Å²) in [6.45, 7) is 2.13. The molecule has 4 aliphatic rings. The summed E-state index contributed by atoms with van der Waals surface area (Å²) in [6, 6.07) is 0.121. The number of nitrogens with one attached hydrogen (secondary N) is 1. The second-order valence-corrected chi connectivity index (χ2v) is 8.58. The van der Waals surface area contributed by atoms with E-state index in [1.807, 2.05) is 0 Å². The zero-order valence-electron chi connectivity index (χ0n) is 15.0. The minimum absolute atomic E-state index is 0.121. The van der Waals surface area contributed by atoms with Gasteiger partial charge in [-0.2, -0.15) is 5.10 Å². The predicted molar refractivity (Wildman–Crippen MR) is 92.3 cm³/mol. The Labute approximate surface area is 148 Å². The van der Waals surface area contributed by atoms with Crippen LogP contribution < -0.4 is 5.32 Å². The van der Waals surface area contributed by atoms with E-state index in [1.165, 1.54) is 49.4 Å². The summed E-state index contributed by atoms with van der Waals surface area (Å²) in [5, 5.41) is 16.4. The van der Waals surface area contributed by atoms with Crippen molar-refractivity contribution in [3.63, 3.8) is 0 Å². The Kier molecular flexibility index (Phi) is 3.89. The average molecular weight is 345 g/mol. The van der Waals surface area contributed by atoms with E-state index in [-0.39, 0.29) is 28.6 Å². The Hall–Kier alpha value is -1.85. The van der Waals surface area contributed by atoms with Gasteiger partial charge in [-0.1, -0.05) is 6.92 Å². The summed E-state index contributed by atoms with van der Waals surface area (Å²) in [5.74, 6) is 1.02. The summed E-state index contributed by atoms with van der Waals surface area (Å²) in [7, 11) is 1.64. The van der Waals surface area contributed by atoms with E-state index in [9.17, 15) is 14.7 Å². The molecule has 4 fully saturated rings. The SMILES string of the molecule is CCC(NC(=O)c1cn(C)nc1C(=O)O)C12CC3CC(CC(C3)C1)C2. The maximum absolute atomic E-state index is 12.8. The number of carbonyl (C=O) groups excluding carboxylic acids is 1. The lowest BCUT2D eigenvalue weighted by Gasteiger charge is -2.59. The van der Waals surface area contributed by atoms with Gasteiger partial charge in [0.25, 0.3) is 5.91 Å². The molecule has 0 radical (unpaired) electrons. The number of aromatic nitrogens is 2. The zero-order chi connectivity index (χ0) is 17.8. The highest BCUT2D eigenvalue weighted by molar-refractivity contribution is 6.03. The first kappa shape index (κ1) is 16.6. The molecular formula is C19H27N3O3. The number of carboxylic acid groups (broad SMARTS) is 1. The van der Waals surface area contributed by atoms with Crippen molar-refractivity contribution < 1.29 is 14.7 Å². The van der Waals surface area contributed by atoms with Gasteiger partial charge in [-0.05, 0) is 68.1 Å². The van der Waals surface area contributed by atoms with Crippen LogP contribution >= 0.6 is 0 Å². The van der Waals surface area contributed by atoms with Crippen molar-refractivity contribution in [3.8, 4) is 0 Å². The van der Waals surface area contributed by atoms with Crippen molar-refractivity contribution >= 4 is 11.9 Å². The molecule has 1 heterocycles. The van der Waals surface area contributed by atoms with Crippen LogP contribution in [0, 0.1) is 23.2 Å². The number of rotatable bonds is 5. The number of carbonyl (C=O) groups is 2. The largest absolute Gasteiger partial charge is 0.476 e. The molecule has 0 aliphatic heterocycles. The number of hydrogen-bond acceptors (Lipinski definition) is 3. The fourth-order valence-electron chi connectivity index (χ4n) is 6.34. The molecule has 136 valence electrons. The number of aromatic carboxylic acids is 1. The molecule has 4 bridgehead atoms. The molecule has 6 heteroatoms. The third-order valence-electron chi connectivity index (χ3n) is 6.81. The standard InChI is InChI=1S/C19H27N3O3/c1-3-15(19-7-11-4-12(8-19)6-13(5-11)9-19)20-17(23)14-10-22(2)21-16(14)18(24)25/h10-13,15H,3-9H2,1-2H3,(H,20,23)(H,24,25). The lowest BCUT2D eigenvalue weighted by molar-refractivity contribution is -0.0727. The van der Waals surface area contributed by atoms with Crippen LogP contribution in [0.4, 0.5) is 0 Å². The van der Waals surface area contributed by atoms with Gasteiger partial charge in [0.15, 0.2) is 5.69 Å². The first-order valence-electron chi connectivity index (χ1n) is 9.48. The molecular weight excluding hydrogens is 318 g/mol. The van der Waals surface area contributed by atoms with Gasteiger partial charge >= 0.3 is 5.97 Å². The van der Waals surface area contributed by atoms with E-state index in [0.29, 0.717) is 0 Å². The molecule has 1 atom stereocenters. The molecule has 4 aliphatic carbocycles. The van der Waals surface area contributed by atoms with Gasteiger partial charge in [0.05, 0.1) is 5.56 Å². The highest BCUT2D eigenvalue weighted by atomic mass is 16.4. The molecule has 0 spiro atoms. The van der Waals surface area contributed by atoms with Gasteiger partial charge < -0.3 is 10.4 Å². The van der Waals surface area contributed by atoms with Gasteiger partial charge in [-0.3, -0.25) is 9.48 Å². The molecule has 4 saturated carbocycles. The van der Waals surface area contributed by atoms with Crippen LogP contribution in [0.3, 0.4) is 0 Å². The van der Waals surface area contributed by atoms with Crippen LogP contribution in [0.1, 0.15) is 72.7 Å². The third-order valence-corrected chi connectivity index (χ3v) is 6.81. The van der Waals surface area contributed by atoms with Crippen molar-refractivity contribution in [2.24, 2.45) is 30.2 Å². The molecule has 0 saturated heterocycles. The minimum atomic E-state index is -1.16. The quantitative estimate of drug-likeness (QED) is 0.859. The molecule has 2 N–H and O–H groups in total. The Balaban J connectivity index is 1.57. The maximum Gasteiger partial charge on any atom is 0.357 e. The number of hydrogen-bond donors (Lipinski definition) is 2. The highest BCUT2D eigenvalue weighted by Gasteiger charge is 2.54. The van der Waals surface area contributed by atoms with Gasteiger partial charge in [-0.15, -0.1) is 0 Å². The van der Waals surface area contributed by atoms with E-state index in [4.69, 9.17) is 0 Å². The Bertz CT molecular complexity index is 673. The number of nitrogens with zero attached hydrogens (tertiary/aromatic N) is 2.